The van der Waals surface area contributed by atoms with Crippen molar-refractivity contribution in [3.63, 3.8) is 0 Å². The van der Waals surface area contributed by atoms with Gasteiger partial charge in [-0.2, -0.15) is 0 Å². The molecule has 2 amide bonds. The summed E-state index contributed by atoms with van der Waals surface area (Å²) >= 11 is 0. The smallest absolute Gasteiger partial charge is 0.321 e. The van der Waals surface area contributed by atoms with Gasteiger partial charge in [0.15, 0.2) is 18.2 Å². The van der Waals surface area contributed by atoms with Crippen molar-refractivity contribution >= 4 is 11.7 Å². The van der Waals surface area contributed by atoms with Gasteiger partial charge in [-0.05, 0) is 36.8 Å². The van der Waals surface area contributed by atoms with Crippen LogP contribution >= 0.6 is 0 Å². The lowest BCUT2D eigenvalue weighted by Gasteiger charge is -2.12. The van der Waals surface area contributed by atoms with Gasteiger partial charge in [0.05, 0.1) is 7.11 Å². The lowest BCUT2D eigenvalue weighted by atomic mass is 10.2. The SMILES string of the molecule is COc1ccccc1OCNC(=O)Nc1cccc(C)c1. The average Bonchev–Trinajstić information content (AvgIpc) is 2.47. The summed E-state index contributed by atoms with van der Waals surface area (Å²) in [6.07, 6.45) is 0. The van der Waals surface area contributed by atoms with Crippen LogP contribution in [0.25, 0.3) is 0 Å². The molecule has 2 N–H and O–H groups in total. The van der Waals surface area contributed by atoms with Crippen molar-refractivity contribution in [1.29, 1.82) is 0 Å². The first-order valence-electron chi connectivity index (χ1n) is 6.56. The molecule has 2 aromatic rings. The number of methoxy groups -OCH3 is 1. The maximum absolute atomic E-state index is 11.7. The molecule has 0 spiro atoms. The second-order valence-electron chi connectivity index (χ2n) is 4.44. The summed E-state index contributed by atoms with van der Waals surface area (Å²) in [4.78, 5) is 11.7. The van der Waals surface area contributed by atoms with Crippen LogP contribution in [-0.4, -0.2) is 19.9 Å². The highest BCUT2D eigenvalue weighted by atomic mass is 16.5. The molecular weight excluding hydrogens is 268 g/mol. The normalized spacial score (nSPS) is 9.81. The highest BCUT2D eigenvalue weighted by Gasteiger charge is 2.04. The summed E-state index contributed by atoms with van der Waals surface area (Å²) in [5.74, 6) is 1.20. The monoisotopic (exact) mass is 286 g/mol. The summed E-state index contributed by atoms with van der Waals surface area (Å²) in [6, 6.07) is 14.5. The Labute approximate surface area is 123 Å². The molecular formula is C16H18N2O3. The molecule has 2 aromatic carbocycles. The molecule has 5 heteroatoms. The van der Waals surface area contributed by atoms with E-state index < -0.39 is 0 Å². The topological polar surface area (TPSA) is 59.6 Å². The summed E-state index contributed by atoms with van der Waals surface area (Å²) in [7, 11) is 1.57. The Bertz CT molecular complexity index is 614. The molecule has 0 unspecified atom stereocenters. The predicted octanol–water partition coefficient (Wildman–Crippen LogP) is 3.16. The number of hydrogen-bond acceptors (Lipinski definition) is 3. The fourth-order valence-corrected chi connectivity index (χ4v) is 1.82. The lowest BCUT2D eigenvalue weighted by molar-refractivity contribution is 0.231. The van der Waals surface area contributed by atoms with Gasteiger partial charge in [0, 0.05) is 5.69 Å². The molecule has 0 aliphatic rings. The van der Waals surface area contributed by atoms with Gasteiger partial charge in [0.2, 0.25) is 0 Å². The molecule has 0 radical (unpaired) electrons. The fourth-order valence-electron chi connectivity index (χ4n) is 1.82. The highest BCUT2D eigenvalue weighted by Crippen LogP contribution is 2.25. The summed E-state index contributed by atoms with van der Waals surface area (Å²) in [5.41, 5.74) is 1.82. The number of aryl methyl sites for hydroxylation is 1. The number of ether oxygens (including phenoxy) is 2. The minimum atomic E-state index is -0.324. The zero-order chi connectivity index (χ0) is 15.1. The van der Waals surface area contributed by atoms with Crippen molar-refractivity contribution in [3.05, 3.63) is 54.1 Å². The lowest BCUT2D eigenvalue weighted by Crippen LogP contribution is -2.32. The van der Waals surface area contributed by atoms with Crippen LogP contribution in [0, 0.1) is 6.92 Å². The van der Waals surface area contributed by atoms with E-state index in [2.05, 4.69) is 10.6 Å². The Morgan fingerprint density at radius 1 is 1.10 bits per heavy atom. The first-order valence-corrected chi connectivity index (χ1v) is 6.56. The van der Waals surface area contributed by atoms with Crippen LogP contribution in [0.5, 0.6) is 11.5 Å². The number of para-hydroxylation sites is 2. The molecule has 0 heterocycles. The molecule has 0 aliphatic carbocycles. The first-order chi connectivity index (χ1) is 10.2. The average molecular weight is 286 g/mol. The zero-order valence-electron chi connectivity index (χ0n) is 12.1. The fraction of sp³-hybridized carbons (Fsp3) is 0.188. The van der Waals surface area contributed by atoms with Crippen LogP contribution in [0.2, 0.25) is 0 Å². The van der Waals surface area contributed by atoms with E-state index in [1.54, 1.807) is 19.2 Å². The molecule has 0 bridgehead atoms. The Hall–Kier alpha value is -2.69. The van der Waals surface area contributed by atoms with Crippen molar-refractivity contribution in [1.82, 2.24) is 5.32 Å². The third-order valence-electron chi connectivity index (χ3n) is 2.81. The van der Waals surface area contributed by atoms with E-state index in [1.807, 2.05) is 43.3 Å². The largest absolute Gasteiger partial charge is 0.493 e. The van der Waals surface area contributed by atoms with Crippen molar-refractivity contribution in [2.45, 2.75) is 6.92 Å². The number of hydrogen-bond donors (Lipinski definition) is 2. The van der Waals surface area contributed by atoms with Crippen LogP contribution in [-0.2, 0) is 0 Å². The summed E-state index contributed by atoms with van der Waals surface area (Å²) in [6.45, 7) is 2.02. The number of anilines is 1. The van der Waals surface area contributed by atoms with Crippen LogP contribution in [0.15, 0.2) is 48.5 Å². The molecule has 21 heavy (non-hydrogen) atoms. The third kappa shape index (κ3) is 4.42. The quantitative estimate of drug-likeness (QED) is 0.830. The van der Waals surface area contributed by atoms with E-state index in [-0.39, 0.29) is 12.8 Å². The second-order valence-corrected chi connectivity index (χ2v) is 4.44. The van der Waals surface area contributed by atoms with Gasteiger partial charge in [-0.1, -0.05) is 24.3 Å². The number of carbonyl (C=O) groups is 1. The van der Waals surface area contributed by atoms with Crippen LogP contribution in [0.3, 0.4) is 0 Å². The Morgan fingerprint density at radius 3 is 2.57 bits per heavy atom. The van der Waals surface area contributed by atoms with Crippen molar-refractivity contribution in [2.24, 2.45) is 0 Å². The Morgan fingerprint density at radius 2 is 1.86 bits per heavy atom. The number of rotatable bonds is 5. The van der Waals surface area contributed by atoms with E-state index in [0.29, 0.717) is 11.5 Å². The molecule has 0 saturated carbocycles. The maximum atomic E-state index is 11.7. The highest BCUT2D eigenvalue weighted by molar-refractivity contribution is 5.89. The van der Waals surface area contributed by atoms with Crippen LogP contribution < -0.4 is 20.1 Å². The summed E-state index contributed by atoms with van der Waals surface area (Å²) in [5, 5.41) is 5.36. The van der Waals surface area contributed by atoms with Crippen LogP contribution in [0.4, 0.5) is 10.5 Å². The summed E-state index contributed by atoms with van der Waals surface area (Å²) < 4.78 is 10.6. The molecule has 0 aliphatic heterocycles. The Balaban J connectivity index is 1.82. The van der Waals surface area contributed by atoms with E-state index in [4.69, 9.17) is 9.47 Å². The molecule has 0 aromatic heterocycles. The molecule has 0 atom stereocenters. The number of benzene rings is 2. The maximum Gasteiger partial charge on any atom is 0.321 e. The van der Waals surface area contributed by atoms with Gasteiger partial charge in [-0.3, -0.25) is 0 Å². The van der Waals surface area contributed by atoms with Crippen molar-refractivity contribution < 1.29 is 14.3 Å². The van der Waals surface area contributed by atoms with E-state index >= 15 is 0 Å². The molecule has 0 fully saturated rings. The van der Waals surface area contributed by atoms with Crippen molar-refractivity contribution in [2.75, 3.05) is 19.2 Å². The van der Waals surface area contributed by atoms with Gasteiger partial charge in [-0.15, -0.1) is 0 Å². The number of nitrogens with one attached hydrogen (secondary N) is 2. The van der Waals surface area contributed by atoms with E-state index in [9.17, 15) is 4.79 Å². The van der Waals surface area contributed by atoms with E-state index in [1.165, 1.54) is 0 Å². The van der Waals surface area contributed by atoms with Gasteiger partial charge in [0.1, 0.15) is 0 Å². The van der Waals surface area contributed by atoms with Crippen LogP contribution in [0.1, 0.15) is 5.56 Å². The number of amides is 2. The number of carbonyl (C=O) groups excluding carboxylic acids is 1. The standard InChI is InChI=1S/C16H18N2O3/c1-12-6-5-7-13(10-12)18-16(19)17-11-21-15-9-4-3-8-14(15)20-2/h3-10H,11H2,1-2H3,(H2,17,18,19). The Kier molecular flexibility index (Phi) is 5.04. The van der Waals surface area contributed by atoms with Crippen molar-refractivity contribution in [3.8, 4) is 11.5 Å². The second kappa shape index (κ2) is 7.19. The van der Waals surface area contributed by atoms with E-state index in [0.717, 1.165) is 11.3 Å². The predicted molar refractivity (Wildman–Crippen MR) is 81.8 cm³/mol. The molecule has 2 rings (SSSR count). The first kappa shape index (κ1) is 14.7. The zero-order valence-corrected chi connectivity index (χ0v) is 12.1. The minimum absolute atomic E-state index is 0.0536. The minimum Gasteiger partial charge on any atom is -0.493 e. The van der Waals surface area contributed by atoms with Gasteiger partial charge < -0.3 is 20.1 Å². The van der Waals surface area contributed by atoms with Gasteiger partial charge in [0.25, 0.3) is 0 Å². The van der Waals surface area contributed by atoms with Gasteiger partial charge >= 0.3 is 6.03 Å². The molecule has 0 saturated heterocycles. The van der Waals surface area contributed by atoms with Gasteiger partial charge in [-0.25, -0.2) is 4.79 Å². The third-order valence-corrected chi connectivity index (χ3v) is 2.81. The number of urea groups is 1. The molecule has 110 valence electrons. The molecule has 5 nitrogen and oxygen atoms in total.